The van der Waals surface area contributed by atoms with Gasteiger partial charge in [0.15, 0.2) is 0 Å². The van der Waals surface area contributed by atoms with Crippen molar-refractivity contribution in [3.63, 3.8) is 0 Å². The molecular weight excluding hydrogens is 268 g/mol. The predicted molar refractivity (Wildman–Crippen MR) is 80.3 cm³/mol. The normalized spacial score (nSPS) is 8.95. The summed E-state index contributed by atoms with van der Waals surface area (Å²) in [5.74, 6) is -1.19. The maximum Gasteiger partial charge on any atom is 0.338 e. The second-order valence-electron chi connectivity index (χ2n) is 3.92. The number of aromatic carboxylic acids is 1. The van der Waals surface area contributed by atoms with Crippen LogP contribution in [-0.4, -0.2) is 23.7 Å². The first kappa shape index (κ1) is 16.2. The standard InChI is InChI=1S/C10H10O2.C7H6O2/c1-2-8-12-10(11)9-6-4-3-5-7-9;8-7(9)6-4-2-1-3-5-6/h2-7H,1,8H2;1-5H,(H,8,9). The lowest BCUT2D eigenvalue weighted by Gasteiger charge is -1.99. The van der Waals surface area contributed by atoms with Crippen LogP contribution in [0.4, 0.5) is 0 Å². The topological polar surface area (TPSA) is 63.6 Å². The number of benzene rings is 2. The second-order valence-corrected chi connectivity index (χ2v) is 3.92. The molecule has 0 aliphatic rings. The van der Waals surface area contributed by atoms with Crippen LogP contribution in [0.1, 0.15) is 20.7 Å². The number of rotatable bonds is 4. The van der Waals surface area contributed by atoms with Crippen LogP contribution in [0.5, 0.6) is 0 Å². The smallest absolute Gasteiger partial charge is 0.338 e. The lowest BCUT2D eigenvalue weighted by Crippen LogP contribution is -2.04. The van der Waals surface area contributed by atoms with Gasteiger partial charge in [0.05, 0.1) is 11.1 Å². The van der Waals surface area contributed by atoms with Crippen molar-refractivity contribution in [2.75, 3.05) is 6.61 Å². The van der Waals surface area contributed by atoms with Gasteiger partial charge in [-0.3, -0.25) is 0 Å². The summed E-state index contributed by atoms with van der Waals surface area (Å²) in [6, 6.07) is 17.2. The second kappa shape index (κ2) is 9.09. The summed E-state index contributed by atoms with van der Waals surface area (Å²) in [6.45, 7) is 3.71. The molecule has 0 unspecified atom stereocenters. The average Bonchev–Trinajstić information content (AvgIpc) is 2.55. The fourth-order valence-electron chi connectivity index (χ4n) is 1.37. The van der Waals surface area contributed by atoms with Gasteiger partial charge in [0, 0.05) is 0 Å². The van der Waals surface area contributed by atoms with Gasteiger partial charge < -0.3 is 9.84 Å². The monoisotopic (exact) mass is 284 g/mol. The summed E-state index contributed by atoms with van der Waals surface area (Å²) in [4.78, 5) is 21.3. The maximum atomic E-state index is 11.1. The zero-order chi connectivity index (χ0) is 15.5. The minimum absolute atomic E-state index is 0.258. The lowest BCUT2D eigenvalue weighted by molar-refractivity contribution is 0.0549. The number of hydrogen-bond acceptors (Lipinski definition) is 3. The van der Waals surface area contributed by atoms with Crippen LogP contribution in [0.25, 0.3) is 0 Å². The van der Waals surface area contributed by atoms with E-state index in [9.17, 15) is 9.59 Å². The molecule has 4 heteroatoms. The average molecular weight is 284 g/mol. The van der Waals surface area contributed by atoms with Gasteiger partial charge in [0.2, 0.25) is 0 Å². The Kier molecular flexibility index (Phi) is 7.00. The maximum absolute atomic E-state index is 11.1. The molecule has 0 bridgehead atoms. The number of carbonyl (C=O) groups excluding carboxylic acids is 1. The third-order valence-electron chi connectivity index (χ3n) is 2.36. The first-order chi connectivity index (χ1) is 10.1. The Morgan fingerprint density at radius 2 is 1.43 bits per heavy atom. The van der Waals surface area contributed by atoms with Gasteiger partial charge >= 0.3 is 11.9 Å². The minimum atomic E-state index is -0.879. The molecule has 1 N–H and O–H groups in total. The van der Waals surface area contributed by atoms with Crippen molar-refractivity contribution in [2.45, 2.75) is 0 Å². The molecule has 0 saturated carbocycles. The number of esters is 1. The summed E-state index contributed by atoms with van der Waals surface area (Å²) >= 11 is 0. The highest BCUT2D eigenvalue weighted by Crippen LogP contribution is 2.00. The van der Waals surface area contributed by atoms with E-state index >= 15 is 0 Å². The van der Waals surface area contributed by atoms with Crippen LogP contribution in [-0.2, 0) is 4.74 Å². The molecule has 0 heterocycles. The van der Waals surface area contributed by atoms with Crippen LogP contribution in [0.3, 0.4) is 0 Å². The van der Waals surface area contributed by atoms with E-state index in [4.69, 9.17) is 9.84 Å². The minimum Gasteiger partial charge on any atom is -0.478 e. The van der Waals surface area contributed by atoms with Crippen molar-refractivity contribution < 1.29 is 19.4 Å². The van der Waals surface area contributed by atoms with Gasteiger partial charge in [-0.15, -0.1) is 0 Å². The molecule has 0 atom stereocenters. The van der Waals surface area contributed by atoms with E-state index in [0.29, 0.717) is 11.1 Å². The van der Waals surface area contributed by atoms with E-state index in [1.165, 1.54) is 0 Å². The quantitative estimate of drug-likeness (QED) is 0.690. The number of ether oxygens (including phenoxy) is 1. The van der Waals surface area contributed by atoms with Crippen LogP contribution >= 0.6 is 0 Å². The van der Waals surface area contributed by atoms with E-state index in [-0.39, 0.29) is 12.6 Å². The molecule has 0 aliphatic carbocycles. The Bertz CT molecular complexity index is 576. The molecule has 0 saturated heterocycles. The van der Waals surface area contributed by atoms with Crippen LogP contribution in [0, 0.1) is 0 Å². The first-order valence-corrected chi connectivity index (χ1v) is 6.26. The lowest BCUT2D eigenvalue weighted by atomic mass is 10.2. The van der Waals surface area contributed by atoms with E-state index in [0.717, 1.165) is 0 Å². The largest absolute Gasteiger partial charge is 0.478 e. The number of hydrogen-bond donors (Lipinski definition) is 1. The number of carboxylic acids is 1. The third kappa shape index (κ3) is 6.20. The summed E-state index contributed by atoms with van der Waals surface area (Å²) in [5, 5.41) is 8.38. The van der Waals surface area contributed by atoms with Gasteiger partial charge in [-0.05, 0) is 24.3 Å². The Balaban J connectivity index is 0.000000219. The Hall–Kier alpha value is -2.88. The summed E-state index contributed by atoms with van der Waals surface area (Å²) in [5.41, 5.74) is 0.900. The molecule has 108 valence electrons. The molecule has 0 fully saturated rings. The van der Waals surface area contributed by atoms with E-state index in [1.54, 1.807) is 60.7 Å². The van der Waals surface area contributed by atoms with Gasteiger partial charge in [-0.25, -0.2) is 9.59 Å². The van der Waals surface area contributed by atoms with E-state index < -0.39 is 5.97 Å². The van der Waals surface area contributed by atoms with E-state index in [1.807, 2.05) is 6.07 Å². The van der Waals surface area contributed by atoms with Gasteiger partial charge in [0.25, 0.3) is 0 Å². The molecule has 2 aromatic rings. The Morgan fingerprint density at radius 3 is 1.81 bits per heavy atom. The van der Waals surface area contributed by atoms with Crippen LogP contribution in [0.15, 0.2) is 73.3 Å². The van der Waals surface area contributed by atoms with Crippen molar-refractivity contribution in [1.29, 1.82) is 0 Å². The number of carbonyl (C=O) groups is 2. The predicted octanol–water partition coefficient (Wildman–Crippen LogP) is 3.41. The summed E-state index contributed by atoms with van der Waals surface area (Å²) in [6.07, 6.45) is 1.54. The van der Waals surface area contributed by atoms with Crippen molar-refractivity contribution in [1.82, 2.24) is 0 Å². The summed E-state index contributed by atoms with van der Waals surface area (Å²) < 4.78 is 4.82. The van der Waals surface area contributed by atoms with Gasteiger partial charge in [-0.2, -0.15) is 0 Å². The highest BCUT2D eigenvalue weighted by atomic mass is 16.5. The third-order valence-corrected chi connectivity index (χ3v) is 2.36. The highest BCUT2D eigenvalue weighted by Gasteiger charge is 2.03. The molecular formula is C17H16O4. The van der Waals surface area contributed by atoms with Crippen LogP contribution < -0.4 is 0 Å². The molecule has 0 aromatic heterocycles. The van der Waals surface area contributed by atoms with Gasteiger partial charge in [-0.1, -0.05) is 49.1 Å². The van der Waals surface area contributed by atoms with Gasteiger partial charge in [0.1, 0.15) is 6.61 Å². The summed E-state index contributed by atoms with van der Waals surface area (Å²) in [7, 11) is 0. The highest BCUT2D eigenvalue weighted by molar-refractivity contribution is 5.89. The molecule has 0 spiro atoms. The molecule has 0 amide bonds. The van der Waals surface area contributed by atoms with E-state index in [2.05, 4.69) is 6.58 Å². The zero-order valence-electron chi connectivity index (χ0n) is 11.4. The van der Waals surface area contributed by atoms with Crippen LogP contribution in [0.2, 0.25) is 0 Å². The first-order valence-electron chi connectivity index (χ1n) is 6.26. The SMILES string of the molecule is C=CCOC(=O)c1ccccc1.O=C(O)c1ccccc1. The zero-order valence-corrected chi connectivity index (χ0v) is 11.4. The van der Waals surface area contributed by atoms with Crippen molar-refractivity contribution in [3.8, 4) is 0 Å². The fourth-order valence-corrected chi connectivity index (χ4v) is 1.37. The van der Waals surface area contributed by atoms with Crippen molar-refractivity contribution >= 4 is 11.9 Å². The fraction of sp³-hybridized carbons (Fsp3) is 0.0588. The Labute approximate surface area is 123 Å². The molecule has 2 aromatic carbocycles. The van der Waals surface area contributed by atoms with Crippen molar-refractivity contribution in [2.24, 2.45) is 0 Å². The molecule has 21 heavy (non-hydrogen) atoms. The molecule has 4 nitrogen and oxygen atoms in total. The molecule has 0 aliphatic heterocycles. The van der Waals surface area contributed by atoms with Crippen molar-refractivity contribution in [3.05, 3.63) is 84.4 Å². The molecule has 2 rings (SSSR count). The Morgan fingerprint density at radius 1 is 0.952 bits per heavy atom. The molecule has 0 radical (unpaired) electrons. The number of carboxylic acid groups (broad SMARTS) is 1.